The molecule has 1 rings (SSSR count). The predicted octanol–water partition coefficient (Wildman–Crippen LogP) is 3.97. The van der Waals surface area contributed by atoms with E-state index >= 15 is 0 Å². The molecule has 0 spiro atoms. The molecule has 0 N–H and O–H groups in total. The summed E-state index contributed by atoms with van der Waals surface area (Å²) in [4.78, 5) is 11.7. The normalized spacial score (nSPS) is 12.4. The molecule has 18 heavy (non-hydrogen) atoms. The van der Waals surface area contributed by atoms with Gasteiger partial charge in [0.05, 0.1) is 11.1 Å². The Hall–Kier alpha value is -1.52. The summed E-state index contributed by atoms with van der Waals surface area (Å²) in [6, 6.07) is 3.18. The highest BCUT2D eigenvalue weighted by atomic mass is 19.4. The second kappa shape index (κ2) is 4.63. The molecule has 0 aliphatic heterocycles. The van der Waals surface area contributed by atoms with Gasteiger partial charge in [0, 0.05) is 0 Å². The van der Waals surface area contributed by atoms with Crippen LogP contribution in [0.4, 0.5) is 13.2 Å². The number of hydrogen-bond acceptors (Lipinski definition) is 2. The highest BCUT2D eigenvalue weighted by Crippen LogP contribution is 2.31. The van der Waals surface area contributed by atoms with Gasteiger partial charge in [-0.2, -0.15) is 13.2 Å². The van der Waals surface area contributed by atoms with Gasteiger partial charge in [0.25, 0.3) is 0 Å². The topological polar surface area (TPSA) is 26.3 Å². The number of rotatable bonds is 1. The van der Waals surface area contributed by atoms with Crippen molar-refractivity contribution in [2.75, 3.05) is 0 Å². The van der Waals surface area contributed by atoms with Gasteiger partial charge in [-0.25, -0.2) is 4.79 Å². The first-order valence-electron chi connectivity index (χ1n) is 5.41. The molecule has 0 saturated carbocycles. The van der Waals surface area contributed by atoms with Gasteiger partial charge in [-0.1, -0.05) is 0 Å². The van der Waals surface area contributed by atoms with Gasteiger partial charge in [-0.05, 0) is 51.5 Å². The van der Waals surface area contributed by atoms with Crippen molar-refractivity contribution < 1.29 is 22.7 Å². The van der Waals surface area contributed by atoms with E-state index in [1.54, 1.807) is 20.8 Å². The van der Waals surface area contributed by atoms with Crippen LogP contribution in [0.15, 0.2) is 18.2 Å². The highest BCUT2D eigenvalue weighted by molar-refractivity contribution is 5.90. The minimum Gasteiger partial charge on any atom is -0.456 e. The number of alkyl halides is 3. The Morgan fingerprint density at radius 2 is 1.67 bits per heavy atom. The molecule has 100 valence electrons. The van der Waals surface area contributed by atoms with Crippen LogP contribution in [0.3, 0.4) is 0 Å². The predicted molar refractivity (Wildman–Crippen MR) is 61.3 cm³/mol. The van der Waals surface area contributed by atoms with Gasteiger partial charge < -0.3 is 4.74 Å². The molecule has 1 aromatic carbocycles. The molecule has 0 fully saturated rings. The van der Waals surface area contributed by atoms with Gasteiger partial charge in [0.1, 0.15) is 5.60 Å². The Bertz CT molecular complexity index is 456. The first-order chi connectivity index (χ1) is 7.99. The summed E-state index contributed by atoms with van der Waals surface area (Å²) in [5.74, 6) is -0.753. The summed E-state index contributed by atoms with van der Waals surface area (Å²) < 4.78 is 42.8. The van der Waals surface area contributed by atoms with Crippen molar-refractivity contribution in [3.05, 3.63) is 34.9 Å². The van der Waals surface area contributed by atoms with E-state index in [4.69, 9.17) is 4.74 Å². The van der Waals surface area contributed by atoms with E-state index in [-0.39, 0.29) is 5.56 Å². The van der Waals surface area contributed by atoms with Gasteiger partial charge in [0.2, 0.25) is 0 Å². The lowest BCUT2D eigenvalue weighted by atomic mass is 10.1. The number of carbonyl (C=O) groups excluding carboxylic acids is 1. The molecule has 0 radical (unpaired) electrons. The van der Waals surface area contributed by atoms with E-state index in [0.717, 1.165) is 12.1 Å². The van der Waals surface area contributed by atoms with E-state index in [9.17, 15) is 18.0 Å². The summed E-state index contributed by atoms with van der Waals surface area (Å²) in [5, 5.41) is 0. The minimum atomic E-state index is -4.47. The summed E-state index contributed by atoms with van der Waals surface area (Å²) >= 11 is 0. The van der Waals surface area contributed by atoms with Crippen LogP contribution >= 0.6 is 0 Å². The van der Waals surface area contributed by atoms with Gasteiger partial charge in [-0.3, -0.25) is 0 Å². The number of carbonyl (C=O) groups is 1. The molecule has 0 atom stereocenters. The Morgan fingerprint density at radius 1 is 1.11 bits per heavy atom. The largest absolute Gasteiger partial charge is 0.456 e. The highest BCUT2D eigenvalue weighted by Gasteiger charge is 2.32. The van der Waals surface area contributed by atoms with Crippen LogP contribution in [0.25, 0.3) is 0 Å². The maximum Gasteiger partial charge on any atom is 0.416 e. The molecule has 1 aromatic rings. The van der Waals surface area contributed by atoms with Crippen LogP contribution in [0.5, 0.6) is 0 Å². The van der Waals surface area contributed by atoms with E-state index < -0.39 is 23.3 Å². The molecular formula is C13H15F3O2. The molecule has 0 aromatic heterocycles. The lowest BCUT2D eigenvalue weighted by Crippen LogP contribution is -2.24. The Labute approximate surface area is 104 Å². The van der Waals surface area contributed by atoms with Gasteiger partial charge in [-0.15, -0.1) is 0 Å². The van der Waals surface area contributed by atoms with Crippen LogP contribution in [0.2, 0.25) is 0 Å². The number of esters is 1. The number of hydrogen-bond donors (Lipinski definition) is 0. The molecule has 0 aliphatic rings. The number of benzene rings is 1. The Balaban J connectivity index is 3.11. The average molecular weight is 260 g/mol. The SMILES string of the molecule is Cc1cc(C(=O)OC(C)(C)C)cc(C(F)(F)F)c1. The number of aryl methyl sites for hydroxylation is 1. The molecule has 2 nitrogen and oxygen atoms in total. The van der Waals surface area contributed by atoms with Crippen LogP contribution in [0, 0.1) is 6.92 Å². The van der Waals surface area contributed by atoms with E-state index in [1.165, 1.54) is 13.0 Å². The zero-order valence-electron chi connectivity index (χ0n) is 10.7. The van der Waals surface area contributed by atoms with Crippen molar-refractivity contribution in [1.82, 2.24) is 0 Å². The number of ether oxygens (including phenoxy) is 1. The van der Waals surface area contributed by atoms with Crippen molar-refractivity contribution in [2.45, 2.75) is 39.5 Å². The van der Waals surface area contributed by atoms with Crippen molar-refractivity contribution in [1.29, 1.82) is 0 Å². The number of halogens is 3. The smallest absolute Gasteiger partial charge is 0.416 e. The lowest BCUT2D eigenvalue weighted by Gasteiger charge is -2.20. The minimum absolute atomic E-state index is 0.0859. The maximum atomic E-state index is 12.6. The lowest BCUT2D eigenvalue weighted by molar-refractivity contribution is -0.137. The van der Waals surface area contributed by atoms with Crippen molar-refractivity contribution in [2.24, 2.45) is 0 Å². The van der Waals surface area contributed by atoms with E-state index in [2.05, 4.69) is 0 Å². The third-order valence-electron chi connectivity index (χ3n) is 2.04. The third-order valence-corrected chi connectivity index (χ3v) is 2.04. The van der Waals surface area contributed by atoms with Gasteiger partial charge in [0.15, 0.2) is 0 Å². The quantitative estimate of drug-likeness (QED) is 0.714. The first kappa shape index (κ1) is 14.5. The summed E-state index contributed by atoms with van der Waals surface area (Å²) in [7, 11) is 0. The fraction of sp³-hybridized carbons (Fsp3) is 0.462. The summed E-state index contributed by atoms with van der Waals surface area (Å²) in [6.07, 6.45) is -4.47. The maximum absolute atomic E-state index is 12.6. The fourth-order valence-electron chi connectivity index (χ4n) is 1.40. The molecule has 0 unspecified atom stereocenters. The second-order valence-corrected chi connectivity index (χ2v) is 5.09. The summed E-state index contributed by atoms with van der Waals surface area (Å²) in [5.41, 5.74) is -1.30. The molecule has 0 saturated heterocycles. The zero-order valence-corrected chi connectivity index (χ0v) is 10.7. The fourth-order valence-corrected chi connectivity index (χ4v) is 1.40. The van der Waals surface area contributed by atoms with E-state index in [0.29, 0.717) is 5.56 Å². The molecule has 5 heteroatoms. The van der Waals surface area contributed by atoms with Crippen LogP contribution in [-0.2, 0) is 10.9 Å². The second-order valence-electron chi connectivity index (χ2n) is 5.09. The third kappa shape index (κ3) is 4.05. The Kier molecular flexibility index (Phi) is 3.74. The monoisotopic (exact) mass is 260 g/mol. The van der Waals surface area contributed by atoms with Crippen molar-refractivity contribution in [3.8, 4) is 0 Å². The molecule has 0 amide bonds. The molecular weight excluding hydrogens is 245 g/mol. The average Bonchev–Trinajstić information content (AvgIpc) is 2.12. The standard InChI is InChI=1S/C13H15F3O2/c1-8-5-9(11(17)18-12(2,3)4)7-10(6-8)13(14,15)16/h5-7H,1-4H3. The van der Waals surface area contributed by atoms with Crippen LogP contribution < -0.4 is 0 Å². The van der Waals surface area contributed by atoms with Crippen molar-refractivity contribution in [3.63, 3.8) is 0 Å². The van der Waals surface area contributed by atoms with E-state index in [1.807, 2.05) is 0 Å². The van der Waals surface area contributed by atoms with Gasteiger partial charge >= 0.3 is 12.1 Å². The molecule has 0 heterocycles. The van der Waals surface area contributed by atoms with Crippen LogP contribution in [0.1, 0.15) is 42.3 Å². The first-order valence-corrected chi connectivity index (χ1v) is 5.41. The summed E-state index contributed by atoms with van der Waals surface area (Å²) in [6.45, 7) is 6.48. The van der Waals surface area contributed by atoms with Crippen molar-refractivity contribution >= 4 is 5.97 Å². The molecule has 0 aliphatic carbocycles. The van der Waals surface area contributed by atoms with Crippen LogP contribution in [-0.4, -0.2) is 11.6 Å². The zero-order chi connectivity index (χ0) is 14.1. The molecule has 0 bridgehead atoms. The Morgan fingerprint density at radius 3 is 2.11 bits per heavy atom.